The van der Waals surface area contributed by atoms with Gasteiger partial charge in [0.25, 0.3) is 11.4 Å². The Bertz CT molecular complexity index is 233. The van der Waals surface area contributed by atoms with Gasteiger partial charge in [0.05, 0.1) is 0 Å². The van der Waals surface area contributed by atoms with Crippen LogP contribution in [-0.4, -0.2) is 52.4 Å². The summed E-state index contributed by atoms with van der Waals surface area (Å²) in [6.45, 7) is 0. The van der Waals surface area contributed by atoms with E-state index < -0.39 is 27.9 Å². The Morgan fingerprint density at radius 2 is 1.05 bits per heavy atom. The maximum atomic E-state index is 8.67. The summed E-state index contributed by atoms with van der Waals surface area (Å²) < 4.78 is 56.9. The maximum Gasteiger partial charge on any atom is 1.00 e. The quantitative estimate of drug-likeness (QED) is 0.0657. The smallest absolute Gasteiger partial charge is 1.00 e. The van der Waals surface area contributed by atoms with E-state index in [9.17, 15) is 0 Å². The van der Waals surface area contributed by atoms with Crippen LogP contribution in [0.2, 0.25) is 0 Å². The molecule has 0 radical (unpaired) electrons. The fraction of sp³-hybridized carbons (Fsp3) is 0. The molecule has 0 fully saturated rings. The van der Waals surface area contributed by atoms with Crippen molar-refractivity contribution in [2.45, 2.75) is 0 Å². The monoisotopic (exact) mass is 453 g/mol. The molecule has 7 N–H and O–H groups in total. The molecule has 0 amide bonds. The normalized spacial score (nSPS) is 6.47. The van der Waals surface area contributed by atoms with E-state index in [1.165, 1.54) is 0 Å². The zero-order valence-corrected chi connectivity index (χ0v) is 21.4. The topological polar surface area (TPSA) is 242 Å². The summed E-state index contributed by atoms with van der Waals surface area (Å²) >= 11 is -2.61. The van der Waals surface area contributed by atoms with Gasteiger partial charge in [0.15, 0.2) is 0 Å². The van der Waals surface area contributed by atoms with Crippen LogP contribution in [0, 0.1) is 0 Å². The predicted molar refractivity (Wildman–Crippen MR) is 40.5 cm³/mol. The SMILES string of the molecule is NO.O=C(O)O.O=S(=O)([O-])[O-].O=S(O)O.[Br-].[K+].[K+].[Na+]. The van der Waals surface area contributed by atoms with E-state index in [0.29, 0.717) is 0 Å². The molecule has 0 aromatic heterocycles. The van der Waals surface area contributed by atoms with Gasteiger partial charge >= 0.3 is 138 Å². The van der Waals surface area contributed by atoms with Crippen LogP contribution in [0.4, 0.5) is 4.79 Å². The summed E-state index contributed by atoms with van der Waals surface area (Å²) in [6.07, 6.45) is -1.83. The summed E-state index contributed by atoms with van der Waals surface area (Å²) in [5, 5.41) is 20.4. The van der Waals surface area contributed by atoms with E-state index in [-0.39, 0.29) is 149 Å². The Morgan fingerprint density at radius 1 is 1.05 bits per heavy atom. The minimum absolute atomic E-state index is 0. The first-order valence-corrected chi connectivity index (χ1v) is 4.50. The molecule has 18 heteroatoms. The Morgan fingerprint density at radius 3 is 1.05 bits per heavy atom. The second-order valence-electron chi connectivity index (χ2n) is 0.922. The van der Waals surface area contributed by atoms with Gasteiger partial charge in [-0.05, 0) is 0 Å². The van der Waals surface area contributed by atoms with Crippen molar-refractivity contribution in [2.75, 3.05) is 0 Å². The van der Waals surface area contributed by atoms with Crippen molar-refractivity contribution in [1.82, 2.24) is 0 Å². The molecule has 104 valence electrons. The van der Waals surface area contributed by atoms with Crippen LogP contribution in [-0.2, 0) is 21.8 Å². The number of nitrogens with two attached hydrogens (primary N) is 1. The third-order valence-corrected chi connectivity index (χ3v) is 0. The largest absolute Gasteiger partial charge is 1.00 e. The molecule has 0 spiro atoms. The van der Waals surface area contributed by atoms with E-state index >= 15 is 0 Å². The zero-order valence-electron chi connectivity index (χ0n) is 9.96. The Kier molecular flexibility index (Phi) is 98.5. The van der Waals surface area contributed by atoms with Crippen LogP contribution in [0.5, 0.6) is 0 Å². The first-order valence-electron chi connectivity index (χ1n) is 2.11. The molecule has 19 heavy (non-hydrogen) atoms. The average molecular weight is 454 g/mol. The van der Waals surface area contributed by atoms with Crippen LogP contribution in [0.3, 0.4) is 0 Å². The Balaban J connectivity index is -0.0000000136. The molecule has 0 unspecified atom stereocenters. The third-order valence-electron chi connectivity index (χ3n) is 0. The van der Waals surface area contributed by atoms with Crippen LogP contribution >= 0.6 is 0 Å². The van der Waals surface area contributed by atoms with E-state index in [4.69, 9.17) is 51.1 Å². The second-order valence-corrected chi connectivity index (χ2v) is 2.20. The van der Waals surface area contributed by atoms with E-state index in [1.807, 2.05) is 0 Å². The molecule has 0 aromatic carbocycles. The predicted octanol–water partition coefficient (Wildman–Crippen LogP) is -14.1. The molecular formula is CH7BrK2NNaO11S2. The van der Waals surface area contributed by atoms with Gasteiger partial charge in [0.1, 0.15) is 0 Å². The van der Waals surface area contributed by atoms with Gasteiger partial charge < -0.3 is 41.5 Å². The van der Waals surface area contributed by atoms with E-state index in [2.05, 4.69) is 5.90 Å². The molecule has 0 atom stereocenters. The van der Waals surface area contributed by atoms with Crippen molar-refractivity contribution in [2.24, 2.45) is 5.90 Å². The molecule has 0 rings (SSSR count). The third kappa shape index (κ3) is 574. The summed E-state index contributed by atoms with van der Waals surface area (Å²) in [7, 11) is -5.17. The first kappa shape index (κ1) is 49.5. The summed E-state index contributed by atoms with van der Waals surface area (Å²) in [6, 6.07) is 0. The fourth-order valence-corrected chi connectivity index (χ4v) is 0. The van der Waals surface area contributed by atoms with Crippen molar-refractivity contribution in [3.63, 3.8) is 0 Å². The molecule has 0 bridgehead atoms. The van der Waals surface area contributed by atoms with Crippen molar-refractivity contribution in [3.05, 3.63) is 0 Å². The molecular weight excluding hydrogens is 447 g/mol. The number of halogens is 1. The van der Waals surface area contributed by atoms with Crippen molar-refractivity contribution in [1.29, 1.82) is 0 Å². The van der Waals surface area contributed by atoms with Crippen molar-refractivity contribution < 1.29 is 200 Å². The van der Waals surface area contributed by atoms with Crippen LogP contribution in [0.1, 0.15) is 0 Å². The molecule has 0 heterocycles. The summed E-state index contributed by atoms with van der Waals surface area (Å²) in [5.41, 5.74) is 0. The summed E-state index contributed by atoms with van der Waals surface area (Å²) in [4.78, 5) is 8.56. The van der Waals surface area contributed by atoms with Crippen molar-refractivity contribution in [3.8, 4) is 0 Å². The standard InChI is InChI=1S/CH2O3.BrH.2K.H3NO.Na.H2O4S.H2O3S/c2-1(3)4;;;;1-2;;1-5(2,3)4;1-4(2)3/h(H2,2,3,4);1H;;;2H,1H2;;(H2,1,2,3,4);(H2,1,2,3)/q;;2*+1;;+1;;/p-3. The molecule has 0 saturated heterocycles. The summed E-state index contributed by atoms with van der Waals surface area (Å²) in [5.74, 6) is 3.50. The van der Waals surface area contributed by atoms with Crippen LogP contribution < -0.4 is 155 Å². The van der Waals surface area contributed by atoms with E-state index in [0.717, 1.165) is 0 Å². The zero-order chi connectivity index (χ0) is 13.7. The molecule has 12 nitrogen and oxygen atoms in total. The van der Waals surface area contributed by atoms with Gasteiger partial charge in [0.2, 0.25) is 0 Å². The van der Waals surface area contributed by atoms with Gasteiger partial charge in [-0.2, -0.15) is 4.21 Å². The molecule has 0 saturated carbocycles. The van der Waals surface area contributed by atoms with Gasteiger partial charge in [-0.15, -0.1) is 0 Å². The average Bonchev–Trinajstić information content (AvgIpc) is 1.83. The first-order chi connectivity index (χ1) is 6.46. The fourth-order valence-electron chi connectivity index (χ4n) is 0. The van der Waals surface area contributed by atoms with Crippen LogP contribution in [0.25, 0.3) is 0 Å². The molecule has 0 aliphatic heterocycles. The minimum atomic E-state index is -5.17. The molecule has 0 aromatic rings. The van der Waals surface area contributed by atoms with Crippen molar-refractivity contribution >= 4 is 27.9 Å². The minimum Gasteiger partial charge on any atom is -1.00 e. The number of rotatable bonds is 0. The maximum absolute atomic E-state index is 8.67. The molecule has 0 aliphatic carbocycles. The Labute approximate surface area is 228 Å². The van der Waals surface area contributed by atoms with Crippen LogP contribution in [0.15, 0.2) is 0 Å². The number of carbonyl (C=O) groups is 1. The number of hydrogen-bond acceptors (Lipinski definition) is 8. The Hall–Kier alpha value is 3.88. The second kappa shape index (κ2) is 37.8. The number of hydrogen-bond donors (Lipinski definition) is 6. The van der Waals surface area contributed by atoms with Gasteiger partial charge in [-0.25, -0.2) is 10.7 Å². The van der Waals surface area contributed by atoms with Gasteiger partial charge in [-0.3, -0.25) is 17.5 Å². The van der Waals surface area contributed by atoms with Gasteiger partial charge in [0, 0.05) is 10.4 Å². The molecule has 0 aliphatic rings. The van der Waals surface area contributed by atoms with Gasteiger partial charge in [-0.1, -0.05) is 0 Å². The number of carboxylic acid groups (broad SMARTS) is 2. The van der Waals surface area contributed by atoms with E-state index in [1.54, 1.807) is 0 Å².